The highest BCUT2D eigenvalue weighted by Gasteiger charge is 2.08. The van der Waals surface area contributed by atoms with Crippen LogP contribution in [0.1, 0.15) is 29.7 Å². The number of carbonyl (C=O) groups is 1. The summed E-state index contributed by atoms with van der Waals surface area (Å²) in [5, 5.41) is 0. The summed E-state index contributed by atoms with van der Waals surface area (Å²) < 4.78 is 5.37. The van der Waals surface area contributed by atoms with E-state index >= 15 is 0 Å². The molecule has 0 N–H and O–H groups in total. The molecule has 0 aromatic heterocycles. The van der Waals surface area contributed by atoms with E-state index in [0.29, 0.717) is 0 Å². The van der Waals surface area contributed by atoms with E-state index in [2.05, 4.69) is 0 Å². The van der Waals surface area contributed by atoms with Gasteiger partial charge in [0, 0.05) is 6.08 Å². The molecule has 0 heterocycles. The zero-order valence-corrected chi connectivity index (χ0v) is 11.7. The molecule has 0 amide bonds. The van der Waals surface area contributed by atoms with Gasteiger partial charge in [-0.05, 0) is 36.6 Å². The number of ether oxygens (including phenoxy) is 1. The lowest BCUT2D eigenvalue weighted by Gasteiger charge is -2.11. The van der Waals surface area contributed by atoms with Gasteiger partial charge in [0.1, 0.15) is 6.10 Å². The predicted molar refractivity (Wildman–Crippen MR) is 81.2 cm³/mol. The number of rotatable bonds is 4. The maximum Gasteiger partial charge on any atom is 0.331 e. The molecule has 0 aliphatic rings. The number of hydrogen-bond acceptors (Lipinski definition) is 2. The van der Waals surface area contributed by atoms with Crippen molar-refractivity contribution in [2.75, 3.05) is 0 Å². The smallest absolute Gasteiger partial charge is 0.331 e. The van der Waals surface area contributed by atoms with Crippen LogP contribution in [0.25, 0.3) is 6.08 Å². The fourth-order valence-corrected chi connectivity index (χ4v) is 1.94. The normalized spacial score (nSPS) is 12.3. The molecule has 0 spiro atoms. The number of aryl methyl sites for hydroxylation is 1. The van der Waals surface area contributed by atoms with Crippen molar-refractivity contribution in [1.82, 2.24) is 0 Å². The molecule has 102 valence electrons. The second kappa shape index (κ2) is 6.71. The minimum atomic E-state index is -0.329. The van der Waals surface area contributed by atoms with Gasteiger partial charge in [0.05, 0.1) is 0 Å². The molecule has 0 radical (unpaired) electrons. The van der Waals surface area contributed by atoms with Gasteiger partial charge in [-0.3, -0.25) is 0 Å². The Balaban J connectivity index is 1.98. The van der Waals surface area contributed by atoms with Crippen molar-refractivity contribution in [1.29, 1.82) is 0 Å². The Hall–Kier alpha value is -2.35. The molecule has 0 saturated heterocycles. The molecular formula is C18H18O2. The predicted octanol–water partition coefficient (Wildman–Crippen LogP) is 4.31. The first-order valence-electron chi connectivity index (χ1n) is 6.66. The van der Waals surface area contributed by atoms with E-state index in [0.717, 1.165) is 16.7 Å². The van der Waals surface area contributed by atoms with Gasteiger partial charge in [-0.25, -0.2) is 4.79 Å². The van der Waals surface area contributed by atoms with Crippen molar-refractivity contribution in [2.24, 2.45) is 0 Å². The number of benzene rings is 2. The van der Waals surface area contributed by atoms with Crippen molar-refractivity contribution in [3.8, 4) is 0 Å². The maximum atomic E-state index is 11.8. The molecule has 0 fully saturated rings. The molecule has 0 aliphatic heterocycles. The van der Waals surface area contributed by atoms with Gasteiger partial charge in [-0.1, -0.05) is 54.6 Å². The second-order valence-electron chi connectivity index (χ2n) is 4.68. The van der Waals surface area contributed by atoms with Crippen LogP contribution in [0.4, 0.5) is 0 Å². The molecule has 2 aromatic carbocycles. The summed E-state index contributed by atoms with van der Waals surface area (Å²) in [6.45, 7) is 3.88. The van der Waals surface area contributed by atoms with Gasteiger partial charge < -0.3 is 4.74 Å². The first-order valence-corrected chi connectivity index (χ1v) is 6.66. The highest BCUT2D eigenvalue weighted by Crippen LogP contribution is 2.16. The Kier molecular flexibility index (Phi) is 4.72. The van der Waals surface area contributed by atoms with E-state index in [9.17, 15) is 4.79 Å². The van der Waals surface area contributed by atoms with Crippen LogP contribution in [0.3, 0.4) is 0 Å². The average molecular weight is 266 g/mol. The fraction of sp³-hybridized carbons (Fsp3) is 0.167. The van der Waals surface area contributed by atoms with E-state index < -0.39 is 0 Å². The van der Waals surface area contributed by atoms with Crippen LogP contribution >= 0.6 is 0 Å². The van der Waals surface area contributed by atoms with E-state index in [1.807, 2.05) is 68.4 Å². The zero-order chi connectivity index (χ0) is 14.4. The number of carbonyl (C=O) groups excluding carboxylic acids is 1. The second-order valence-corrected chi connectivity index (χ2v) is 4.68. The third-order valence-electron chi connectivity index (χ3n) is 3.15. The van der Waals surface area contributed by atoms with E-state index in [1.165, 1.54) is 6.08 Å². The van der Waals surface area contributed by atoms with Crippen LogP contribution in [0.2, 0.25) is 0 Å². The Labute approximate surface area is 119 Å². The van der Waals surface area contributed by atoms with Crippen LogP contribution in [0.15, 0.2) is 60.7 Å². The highest BCUT2D eigenvalue weighted by molar-refractivity contribution is 5.87. The van der Waals surface area contributed by atoms with Crippen molar-refractivity contribution >= 4 is 12.0 Å². The molecule has 2 rings (SSSR count). The van der Waals surface area contributed by atoms with Crippen molar-refractivity contribution in [2.45, 2.75) is 20.0 Å². The van der Waals surface area contributed by atoms with Crippen LogP contribution in [0, 0.1) is 6.92 Å². The third-order valence-corrected chi connectivity index (χ3v) is 3.15. The monoisotopic (exact) mass is 266 g/mol. The first kappa shape index (κ1) is 14.1. The van der Waals surface area contributed by atoms with Crippen LogP contribution < -0.4 is 0 Å². The van der Waals surface area contributed by atoms with E-state index in [4.69, 9.17) is 4.74 Å². The summed E-state index contributed by atoms with van der Waals surface area (Å²) in [6, 6.07) is 17.6. The highest BCUT2D eigenvalue weighted by atomic mass is 16.5. The SMILES string of the molecule is Cc1ccccc1C=CC(=O)OC(C)c1ccccc1. The van der Waals surface area contributed by atoms with Crippen molar-refractivity contribution in [3.05, 3.63) is 77.4 Å². The summed E-state index contributed by atoms with van der Waals surface area (Å²) in [7, 11) is 0. The third kappa shape index (κ3) is 3.82. The molecule has 2 heteroatoms. The van der Waals surface area contributed by atoms with Gasteiger partial charge in [0.2, 0.25) is 0 Å². The molecule has 1 atom stereocenters. The molecule has 1 unspecified atom stereocenters. The van der Waals surface area contributed by atoms with Crippen LogP contribution in [0.5, 0.6) is 0 Å². The molecule has 0 saturated carbocycles. The van der Waals surface area contributed by atoms with Gasteiger partial charge in [-0.15, -0.1) is 0 Å². The Morgan fingerprint density at radius 3 is 2.40 bits per heavy atom. The standard InChI is InChI=1S/C18H18O2/c1-14-8-6-7-9-16(14)12-13-18(19)20-15(2)17-10-4-3-5-11-17/h3-13,15H,1-2H3. The average Bonchev–Trinajstić information content (AvgIpc) is 2.47. The number of hydrogen-bond donors (Lipinski definition) is 0. The van der Waals surface area contributed by atoms with Crippen molar-refractivity contribution < 1.29 is 9.53 Å². The largest absolute Gasteiger partial charge is 0.455 e. The number of esters is 1. The van der Waals surface area contributed by atoms with Gasteiger partial charge >= 0.3 is 5.97 Å². The van der Waals surface area contributed by atoms with E-state index in [1.54, 1.807) is 6.08 Å². The quantitative estimate of drug-likeness (QED) is 0.608. The molecule has 2 nitrogen and oxygen atoms in total. The Bertz CT molecular complexity index is 600. The molecule has 20 heavy (non-hydrogen) atoms. The minimum Gasteiger partial charge on any atom is -0.455 e. The van der Waals surface area contributed by atoms with Crippen LogP contribution in [-0.2, 0) is 9.53 Å². The summed E-state index contributed by atoms with van der Waals surface area (Å²) in [5.41, 5.74) is 3.15. The molecule has 0 bridgehead atoms. The Morgan fingerprint density at radius 2 is 1.70 bits per heavy atom. The Morgan fingerprint density at radius 1 is 1.05 bits per heavy atom. The lowest BCUT2D eigenvalue weighted by Crippen LogP contribution is -2.05. The van der Waals surface area contributed by atoms with Crippen LogP contribution in [-0.4, -0.2) is 5.97 Å². The van der Waals surface area contributed by atoms with E-state index in [-0.39, 0.29) is 12.1 Å². The summed E-state index contributed by atoms with van der Waals surface area (Å²) in [6.07, 6.45) is 3.02. The first-order chi connectivity index (χ1) is 9.66. The zero-order valence-electron chi connectivity index (χ0n) is 11.7. The van der Waals surface area contributed by atoms with Gasteiger partial charge in [-0.2, -0.15) is 0 Å². The topological polar surface area (TPSA) is 26.3 Å². The molecule has 0 aliphatic carbocycles. The fourth-order valence-electron chi connectivity index (χ4n) is 1.94. The summed E-state index contributed by atoms with van der Waals surface area (Å²) in [5.74, 6) is -0.329. The van der Waals surface area contributed by atoms with Gasteiger partial charge in [0.15, 0.2) is 0 Å². The minimum absolute atomic E-state index is 0.245. The van der Waals surface area contributed by atoms with Gasteiger partial charge in [0.25, 0.3) is 0 Å². The molecular weight excluding hydrogens is 248 g/mol. The molecule has 2 aromatic rings. The lowest BCUT2D eigenvalue weighted by molar-refractivity contribution is -0.142. The summed E-state index contributed by atoms with van der Waals surface area (Å²) >= 11 is 0. The van der Waals surface area contributed by atoms with Crippen molar-refractivity contribution in [3.63, 3.8) is 0 Å². The lowest BCUT2D eigenvalue weighted by atomic mass is 10.1. The maximum absolute atomic E-state index is 11.8. The summed E-state index contributed by atoms with van der Waals surface area (Å²) in [4.78, 5) is 11.8.